The van der Waals surface area contributed by atoms with Crippen LogP contribution in [-0.2, 0) is 0 Å². The third-order valence-corrected chi connectivity index (χ3v) is 3.59. The lowest BCUT2D eigenvalue weighted by Gasteiger charge is -1.95. The number of rotatable bonds is 1. The summed E-state index contributed by atoms with van der Waals surface area (Å²) in [5.41, 5.74) is 10.2. The van der Waals surface area contributed by atoms with Gasteiger partial charge in [0, 0.05) is 10.9 Å². The van der Waals surface area contributed by atoms with Crippen molar-refractivity contribution in [2.75, 3.05) is 5.73 Å². The van der Waals surface area contributed by atoms with E-state index in [1.165, 1.54) is 12.1 Å². The first-order chi connectivity index (χ1) is 10.1. The molecular formula is C16H12FN3O. The Balaban J connectivity index is 1.95. The maximum Gasteiger partial charge on any atom is 0.244 e. The zero-order valence-corrected chi connectivity index (χ0v) is 11.3. The first-order valence-electron chi connectivity index (χ1n) is 6.56. The normalized spacial score (nSPS) is 11.5. The van der Waals surface area contributed by atoms with Gasteiger partial charge >= 0.3 is 0 Å². The molecule has 0 saturated heterocycles. The molecule has 0 aliphatic carbocycles. The molecule has 0 unspecified atom stereocenters. The van der Waals surface area contributed by atoms with E-state index in [1.54, 1.807) is 6.07 Å². The maximum atomic E-state index is 13.2. The number of nitrogens with one attached hydrogen (secondary N) is 1. The number of halogens is 1. The van der Waals surface area contributed by atoms with E-state index in [1.807, 2.05) is 25.1 Å². The number of aromatic nitrogens is 2. The van der Waals surface area contributed by atoms with Crippen molar-refractivity contribution in [1.29, 1.82) is 0 Å². The van der Waals surface area contributed by atoms with Gasteiger partial charge in [-0.2, -0.15) is 0 Å². The summed E-state index contributed by atoms with van der Waals surface area (Å²) in [7, 11) is 0. The van der Waals surface area contributed by atoms with Crippen LogP contribution in [0, 0.1) is 12.7 Å². The molecule has 0 atom stereocenters. The van der Waals surface area contributed by atoms with Crippen molar-refractivity contribution >= 4 is 27.7 Å². The van der Waals surface area contributed by atoms with Crippen LogP contribution >= 0.6 is 0 Å². The van der Waals surface area contributed by atoms with E-state index < -0.39 is 0 Å². The van der Waals surface area contributed by atoms with Gasteiger partial charge in [0.05, 0.1) is 5.69 Å². The van der Waals surface area contributed by atoms with Crippen LogP contribution in [0.2, 0.25) is 0 Å². The number of benzene rings is 2. The van der Waals surface area contributed by atoms with Crippen molar-refractivity contribution in [3.05, 3.63) is 47.8 Å². The highest BCUT2D eigenvalue weighted by Crippen LogP contribution is 2.31. The minimum Gasteiger partial charge on any atom is -0.434 e. The fourth-order valence-electron chi connectivity index (χ4n) is 2.48. The van der Waals surface area contributed by atoms with E-state index in [0.29, 0.717) is 33.9 Å². The Labute approximate surface area is 119 Å². The Bertz CT molecular complexity index is 945. The molecule has 0 bridgehead atoms. The quantitative estimate of drug-likeness (QED) is 0.518. The molecule has 0 radical (unpaired) electrons. The molecule has 2 heterocycles. The minimum atomic E-state index is -0.284. The lowest BCUT2D eigenvalue weighted by molar-refractivity contribution is 0.615. The second-order valence-electron chi connectivity index (χ2n) is 5.08. The number of nitrogens with zero attached hydrogens (tertiary/aromatic N) is 1. The average molecular weight is 281 g/mol. The Morgan fingerprint density at radius 1 is 1.19 bits per heavy atom. The van der Waals surface area contributed by atoms with Crippen LogP contribution in [0.4, 0.5) is 10.1 Å². The van der Waals surface area contributed by atoms with Gasteiger partial charge in [0.2, 0.25) is 5.89 Å². The first-order valence-corrected chi connectivity index (χ1v) is 6.56. The third-order valence-electron chi connectivity index (χ3n) is 3.59. The summed E-state index contributed by atoms with van der Waals surface area (Å²) >= 11 is 0. The minimum absolute atomic E-state index is 0.284. The highest BCUT2D eigenvalue weighted by Gasteiger charge is 2.14. The summed E-state index contributed by atoms with van der Waals surface area (Å²) in [5.74, 6) is 0.163. The van der Waals surface area contributed by atoms with Crippen molar-refractivity contribution in [3.63, 3.8) is 0 Å². The molecule has 104 valence electrons. The lowest BCUT2D eigenvalue weighted by Crippen LogP contribution is -1.87. The van der Waals surface area contributed by atoms with Gasteiger partial charge in [-0.3, -0.25) is 0 Å². The van der Waals surface area contributed by atoms with E-state index in [2.05, 4.69) is 9.97 Å². The van der Waals surface area contributed by atoms with E-state index in [9.17, 15) is 4.39 Å². The fourth-order valence-corrected chi connectivity index (χ4v) is 2.48. The molecule has 0 fully saturated rings. The summed E-state index contributed by atoms with van der Waals surface area (Å²) < 4.78 is 19.1. The Morgan fingerprint density at radius 2 is 2.05 bits per heavy atom. The topological polar surface area (TPSA) is 67.8 Å². The number of nitrogens with two attached hydrogens (primary N) is 1. The van der Waals surface area contributed by atoms with Crippen molar-refractivity contribution in [3.8, 4) is 11.6 Å². The van der Waals surface area contributed by atoms with E-state index in [0.717, 1.165) is 10.9 Å². The number of aromatic amines is 1. The smallest absolute Gasteiger partial charge is 0.244 e. The summed E-state index contributed by atoms with van der Waals surface area (Å²) in [6.07, 6.45) is 0. The van der Waals surface area contributed by atoms with Gasteiger partial charge in [-0.15, -0.1) is 0 Å². The highest BCUT2D eigenvalue weighted by molar-refractivity contribution is 5.90. The van der Waals surface area contributed by atoms with Gasteiger partial charge in [-0.25, -0.2) is 9.37 Å². The molecule has 4 aromatic rings. The molecule has 4 rings (SSSR count). The molecule has 5 heteroatoms. The van der Waals surface area contributed by atoms with Crippen molar-refractivity contribution < 1.29 is 8.81 Å². The van der Waals surface area contributed by atoms with Crippen LogP contribution in [0.15, 0.2) is 40.8 Å². The summed E-state index contributed by atoms with van der Waals surface area (Å²) in [5, 5.41) is 0.901. The Morgan fingerprint density at radius 3 is 2.86 bits per heavy atom. The molecule has 3 N–H and O–H groups in total. The fraction of sp³-hybridized carbons (Fsp3) is 0.0625. The largest absolute Gasteiger partial charge is 0.434 e. The van der Waals surface area contributed by atoms with Crippen molar-refractivity contribution in [2.45, 2.75) is 6.92 Å². The summed E-state index contributed by atoms with van der Waals surface area (Å²) in [4.78, 5) is 7.56. The lowest BCUT2D eigenvalue weighted by atomic mass is 10.2. The first kappa shape index (κ1) is 12.0. The van der Waals surface area contributed by atoms with Crippen LogP contribution in [-0.4, -0.2) is 9.97 Å². The Hall–Kier alpha value is -2.82. The second-order valence-corrected chi connectivity index (χ2v) is 5.08. The van der Waals surface area contributed by atoms with Crippen LogP contribution in [0.3, 0.4) is 0 Å². The summed E-state index contributed by atoms with van der Waals surface area (Å²) in [6, 6.07) is 10.2. The number of fused-ring (bicyclic) bond motifs is 2. The van der Waals surface area contributed by atoms with Gasteiger partial charge in [-0.1, -0.05) is 6.07 Å². The predicted molar refractivity (Wildman–Crippen MR) is 80.4 cm³/mol. The van der Waals surface area contributed by atoms with Crippen molar-refractivity contribution in [2.24, 2.45) is 0 Å². The molecule has 21 heavy (non-hydrogen) atoms. The van der Waals surface area contributed by atoms with Gasteiger partial charge in [-0.05, 0) is 42.8 Å². The molecule has 2 aromatic heterocycles. The standard InChI is InChI=1S/C16H12FN3O/c1-8-2-5-11(18)14-15(8)21-16(20-14)13-6-9-3-4-10(17)7-12(9)19-13/h2-7,19H,18H2,1H3. The number of anilines is 1. The molecule has 0 saturated carbocycles. The zero-order chi connectivity index (χ0) is 14.6. The molecule has 4 nitrogen and oxygen atoms in total. The zero-order valence-electron chi connectivity index (χ0n) is 11.3. The van der Waals surface area contributed by atoms with E-state index in [4.69, 9.17) is 10.2 Å². The molecular weight excluding hydrogens is 269 g/mol. The number of hydrogen-bond donors (Lipinski definition) is 2. The predicted octanol–water partition coefficient (Wildman–Crippen LogP) is 4.01. The average Bonchev–Trinajstić information content (AvgIpc) is 3.06. The van der Waals surface area contributed by atoms with Crippen LogP contribution in [0.25, 0.3) is 33.6 Å². The highest BCUT2D eigenvalue weighted by atomic mass is 19.1. The van der Waals surface area contributed by atoms with Gasteiger partial charge in [0.25, 0.3) is 0 Å². The van der Waals surface area contributed by atoms with Gasteiger partial charge < -0.3 is 15.1 Å². The number of aryl methyl sites for hydroxylation is 1. The molecule has 0 aliphatic heterocycles. The number of oxazole rings is 1. The van der Waals surface area contributed by atoms with Crippen molar-refractivity contribution in [1.82, 2.24) is 9.97 Å². The SMILES string of the molecule is Cc1ccc(N)c2nc(-c3cc4ccc(F)cc4[nH]3)oc12. The molecule has 0 aliphatic rings. The third kappa shape index (κ3) is 1.78. The van der Waals surface area contributed by atoms with E-state index in [-0.39, 0.29) is 5.82 Å². The van der Waals surface area contributed by atoms with E-state index >= 15 is 0 Å². The molecule has 2 aromatic carbocycles. The molecule has 0 spiro atoms. The number of H-pyrrole nitrogens is 1. The van der Waals surface area contributed by atoms with Gasteiger partial charge in [0.15, 0.2) is 5.58 Å². The number of hydrogen-bond acceptors (Lipinski definition) is 3. The van der Waals surface area contributed by atoms with Crippen LogP contribution < -0.4 is 5.73 Å². The van der Waals surface area contributed by atoms with Crippen LogP contribution in [0.5, 0.6) is 0 Å². The Kier molecular flexibility index (Phi) is 2.33. The maximum absolute atomic E-state index is 13.2. The summed E-state index contributed by atoms with van der Waals surface area (Å²) in [6.45, 7) is 1.94. The second kappa shape index (κ2) is 4.09. The van der Waals surface area contributed by atoms with Crippen LogP contribution in [0.1, 0.15) is 5.56 Å². The number of nitrogen functional groups attached to an aromatic ring is 1. The van der Waals surface area contributed by atoms with Gasteiger partial charge in [0.1, 0.15) is 17.0 Å². The monoisotopic (exact) mass is 281 g/mol. The molecule has 0 amide bonds.